The third kappa shape index (κ3) is 4.20. The summed E-state index contributed by atoms with van der Waals surface area (Å²) in [6, 6.07) is 6.86. The highest BCUT2D eigenvalue weighted by Crippen LogP contribution is 2.27. The van der Waals surface area contributed by atoms with Crippen LogP contribution >= 0.6 is 0 Å². The van der Waals surface area contributed by atoms with Crippen molar-refractivity contribution < 1.29 is 4.79 Å². The number of unbranched alkanes of at least 4 members (excludes halogenated alkanes) is 2. The van der Waals surface area contributed by atoms with Gasteiger partial charge in [0.2, 0.25) is 0 Å². The summed E-state index contributed by atoms with van der Waals surface area (Å²) in [4.78, 5) is 12.1. The number of nitrogen functional groups attached to an aromatic ring is 1. The predicted molar refractivity (Wildman–Crippen MR) is 91.8 cm³/mol. The molecular formula is C18H25N3O. The Balaban J connectivity index is 1.99. The van der Waals surface area contributed by atoms with Crippen LogP contribution in [-0.4, -0.2) is 11.6 Å². The van der Waals surface area contributed by atoms with Gasteiger partial charge in [-0.2, -0.15) is 5.10 Å². The average Bonchev–Trinajstić information content (AvgIpc) is 2.86. The monoisotopic (exact) mass is 299 g/mol. The third-order valence-electron chi connectivity index (χ3n) is 4.10. The van der Waals surface area contributed by atoms with Crippen molar-refractivity contribution in [2.75, 3.05) is 5.73 Å². The molecule has 4 nitrogen and oxygen atoms in total. The van der Waals surface area contributed by atoms with Crippen molar-refractivity contribution in [3.63, 3.8) is 0 Å². The molecular weight excluding hydrogens is 274 g/mol. The molecule has 0 aliphatic heterocycles. The van der Waals surface area contributed by atoms with Gasteiger partial charge in [0.05, 0.1) is 5.71 Å². The zero-order valence-electron chi connectivity index (χ0n) is 13.5. The molecule has 1 aromatic rings. The number of amides is 1. The lowest BCUT2D eigenvalue weighted by atomic mass is 10.0. The molecule has 0 saturated carbocycles. The summed E-state index contributed by atoms with van der Waals surface area (Å²) in [5.74, 6) is -0.190. The van der Waals surface area contributed by atoms with Crippen LogP contribution in [0.25, 0.3) is 0 Å². The molecule has 0 aromatic heterocycles. The van der Waals surface area contributed by atoms with Crippen LogP contribution in [0, 0.1) is 0 Å². The summed E-state index contributed by atoms with van der Waals surface area (Å²) in [5.41, 5.74) is 13.3. The molecule has 1 aliphatic carbocycles. The molecule has 4 heteroatoms. The molecule has 0 heterocycles. The van der Waals surface area contributed by atoms with Crippen molar-refractivity contribution >= 4 is 17.3 Å². The molecule has 0 fully saturated rings. The fourth-order valence-electron chi connectivity index (χ4n) is 2.70. The number of carbonyl (C=O) groups excluding carboxylic acids is 1. The molecule has 0 bridgehead atoms. The summed E-state index contributed by atoms with van der Waals surface area (Å²) >= 11 is 0. The highest BCUT2D eigenvalue weighted by molar-refractivity contribution is 6.04. The molecule has 0 unspecified atom stereocenters. The number of allylic oxidation sites excluding steroid dienone is 2. The molecule has 118 valence electrons. The summed E-state index contributed by atoms with van der Waals surface area (Å²) < 4.78 is 0. The van der Waals surface area contributed by atoms with Crippen molar-refractivity contribution in [3.05, 3.63) is 41.0 Å². The molecule has 2 rings (SSSR count). The van der Waals surface area contributed by atoms with Crippen LogP contribution in [0.4, 0.5) is 5.69 Å². The predicted octanol–water partition coefficient (Wildman–Crippen LogP) is 4.05. The number of nitrogens with two attached hydrogens (primary N) is 1. The van der Waals surface area contributed by atoms with Crippen LogP contribution in [0.2, 0.25) is 0 Å². The number of benzene rings is 1. The van der Waals surface area contributed by atoms with Gasteiger partial charge in [0, 0.05) is 11.3 Å². The van der Waals surface area contributed by atoms with Gasteiger partial charge < -0.3 is 5.73 Å². The van der Waals surface area contributed by atoms with Gasteiger partial charge in [-0.05, 0) is 62.4 Å². The largest absolute Gasteiger partial charge is 0.399 e. The van der Waals surface area contributed by atoms with Crippen molar-refractivity contribution in [2.45, 2.75) is 52.4 Å². The quantitative estimate of drug-likeness (QED) is 0.473. The van der Waals surface area contributed by atoms with Crippen molar-refractivity contribution in [3.8, 4) is 0 Å². The number of anilines is 1. The van der Waals surface area contributed by atoms with E-state index in [0.29, 0.717) is 11.3 Å². The second-order valence-electron chi connectivity index (χ2n) is 5.84. The second kappa shape index (κ2) is 7.78. The molecule has 1 aliphatic rings. The Morgan fingerprint density at radius 2 is 1.95 bits per heavy atom. The van der Waals surface area contributed by atoms with Crippen LogP contribution in [0.5, 0.6) is 0 Å². The summed E-state index contributed by atoms with van der Waals surface area (Å²) in [6.07, 6.45) is 6.69. The lowest BCUT2D eigenvalue weighted by molar-refractivity contribution is 0.0955. The van der Waals surface area contributed by atoms with E-state index in [-0.39, 0.29) is 5.91 Å². The minimum Gasteiger partial charge on any atom is -0.399 e. The van der Waals surface area contributed by atoms with Crippen LogP contribution in [0.1, 0.15) is 62.7 Å². The maximum Gasteiger partial charge on any atom is 0.271 e. The first-order chi connectivity index (χ1) is 10.6. The smallest absolute Gasteiger partial charge is 0.271 e. The number of hydrogen-bond donors (Lipinski definition) is 2. The summed E-state index contributed by atoms with van der Waals surface area (Å²) in [7, 11) is 0. The molecule has 0 spiro atoms. The van der Waals surface area contributed by atoms with Crippen LogP contribution in [0.15, 0.2) is 40.5 Å². The zero-order chi connectivity index (χ0) is 15.9. The first kappa shape index (κ1) is 16.3. The SMILES string of the molecule is CCCCCC1=C(C)CC/C1=N/NC(=O)c1ccc(N)cc1. The highest BCUT2D eigenvalue weighted by Gasteiger charge is 2.18. The normalized spacial score (nSPS) is 16.4. The van der Waals surface area contributed by atoms with Gasteiger partial charge in [0.15, 0.2) is 0 Å². The van der Waals surface area contributed by atoms with E-state index in [2.05, 4.69) is 24.4 Å². The van der Waals surface area contributed by atoms with E-state index in [1.54, 1.807) is 24.3 Å². The third-order valence-corrected chi connectivity index (χ3v) is 4.10. The number of hydrazone groups is 1. The van der Waals surface area contributed by atoms with E-state index in [0.717, 1.165) is 25.0 Å². The van der Waals surface area contributed by atoms with Crippen molar-refractivity contribution in [2.24, 2.45) is 5.10 Å². The maximum atomic E-state index is 12.1. The van der Waals surface area contributed by atoms with Crippen LogP contribution < -0.4 is 11.2 Å². The van der Waals surface area contributed by atoms with Gasteiger partial charge in [-0.25, -0.2) is 5.43 Å². The first-order valence-corrected chi connectivity index (χ1v) is 8.03. The van der Waals surface area contributed by atoms with Crippen molar-refractivity contribution in [1.82, 2.24) is 5.43 Å². The average molecular weight is 299 g/mol. The van der Waals surface area contributed by atoms with Gasteiger partial charge >= 0.3 is 0 Å². The Morgan fingerprint density at radius 1 is 1.23 bits per heavy atom. The molecule has 0 atom stereocenters. The molecule has 3 N–H and O–H groups in total. The van der Waals surface area contributed by atoms with E-state index in [9.17, 15) is 4.79 Å². The van der Waals surface area contributed by atoms with E-state index in [4.69, 9.17) is 5.73 Å². The Morgan fingerprint density at radius 3 is 2.64 bits per heavy atom. The summed E-state index contributed by atoms with van der Waals surface area (Å²) in [6.45, 7) is 4.38. The fourth-order valence-corrected chi connectivity index (χ4v) is 2.70. The van der Waals surface area contributed by atoms with Crippen molar-refractivity contribution in [1.29, 1.82) is 0 Å². The number of nitrogens with zero attached hydrogens (tertiary/aromatic N) is 1. The molecule has 0 radical (unpaired) electrons. The van der Waals surface area contributed by atoms with Gasteiger partial charge in [-0.15, -0.1) is 0 Å². The number of nitrogens with one attached hydrogen (secondary N) is 1. The minimum absolute atomic E-state index is 0.190. The number of hydrogen-bond acceptors (Lipinski definition) is 3. The first-order valence-electron chi connectivity index (χ1n) is 8.03. The lowest BCUT2D eigenvalue weighted by Crippen LogP contribution is -2.19. The number of rotatable bonds is 6. The minimum atomic E-state index is -0.190. The molecule has 1 amide bonds. The van der Waals surface area contributed by atoms with Crippen LogP contribution in [0.3, 0.4) is 0 Å². The van der Waals surface area contributed by atoms with Crippen LogP contribution in [-0.2, 0) is 0 Å². The Labute approximate surface area is 132 Å². The summed E-state index contributed by atoms with van der Waals surface area (Å²) in [5, 5.41) is 4.36. The van der Waals surface area contributed by atoms with E-state index in [1.165, 1.54) is 30.4 Å². The fraction of sp³-hybridized carbons (Fsp3) is 0.444. The van der Waals surface area contributed by atoms with Gasteiger partial charge in [0.1, 0.15) is 0 Å². The highest BCUT2D eigenvalue weighted by atomic mass is 16.2. The van der Waals surface area contributed by atoms with E-state index in [1.807, 2.05) is 0 Å². The van der Waals surface area contributed by atoms with Gasteiger partial charge in [0.25, 0.3) is 5.91 Å². The molecule has 0 saturated heterocycles. The van der Waals surface area contributed by atoms with E-state index < -0.39 is 0 Å². The Kier molecular flexibility index (Phi) is 5.75. The topological polar surface area (TPSA) is 67.5 Å². The standard InChI is InChI=1S/C18H25N3O/c1-3-4-5-6-16-13(2)7-12-17(16)20-21-18(22)14-8-10-15(19)11-9-14/h8-11H,3-7,12,19H2,1-2H3,(H,21,22)/b20-17-. The maximum absolute atomic E-state index is 12.1. The lowest BCUT2D eigenvalue weighted by Gasteiger charge is -2.07. The Bertz CT molecular complexity index is 585. The molecule has 1 aromatic carbocycles. The Hall–Kier alpha value is -2.10. The molecule has 22 heavy (non-hydrogen) atoms. The second-order valence-corrected chi connectivity index (χ2v) is 5.84. The van der Waals surface area contributed by atoms with E-state index >= 15 is 0 Å². The number of carbonyl (C=O) groups is 1. The van der Waals surface area contributed by atoms with Gasteiger partial charge in [-0.1, -0.05) is 25.3 Å². The van der Waals surface area contributed by atoms with Gasteiger partial charge in [-0.3, -0.25) is 4.79 Å². The zero-order valence-corrected chi connectivity index (χ0v) is 13.5.